The highest BCUT2D eigenvalue weighted by Crippen LogP contribution is 2.36. The van der Waals surface area contributed by atoms with Crippen LogP contribution in [0.1, 0.15) is 43.1 Å². The van der Waals surface area contributed by atoms with Crippen LogP contribution in [0.4, 0.5) is 4.39 Å². The average molecular weight is 419 g/mol. The highest BCUT2D eigenvalue weighted by molar-refractivity contribution is 7.99. The van der Waals surface area contributed by atoms with Crippen LogP contribution in [0.5, 0.6) is 0 Å². The van der Waals surface area contributed by atoms with Gasteiger partial charge in [-0.3, -0.25) is 9.36 Å². The number of aromatic nitrogens is 2. The van der Waals surface area contributed by atoms with E-state index in [2.05, 4.69) is 19.9 Å². The fourth-order valence-corrected chi connectivity index (χ4v) is 4.59. The first-order valence-electron chi connectivity index (χ1n) is 9.99. The second-order valence-electron chi connectivity index (χ2n) is 7.58. The van der Waals surface area contributed by atoms with Crippen LogP contribution in [0, 0.1) is 5.82 Å². The molecule has 0 unspecified atom stereocenters. The summed E-state index contributed by atoms with van der Waals surface area (Å²) in [6, 6.07) is 21.9. The number of hydrogen-bond donors (Lipinski definition) is 0. The van der Waals surface area contributed by atoms with Crippen molar-refractivity contribution in [1.82, 2.24) is 9.55 Å². The first-order valence-corrected chi connectivity index (χ1v) is 10.9. The van der Waals surface area contributed by atoms with Crippen molar-refractivity contribution in [3.63, 3.8) is 0 Å². The van der Waals surface area contributed by atoms with Crippen LogP contribution in [-0.4, -0.2) is 9.55 Å². The smallest absolute Gasteiger partial charge is 0.266 e. The van der Waals surface area contributed by atoms with E-state index in [0.717, 1.165) is 16.8 Å². The maximum atomic E-state index is 13.5. The van der Waals surface area contributed by atoms with Crippen molar-refractivity contribution in [1.29, 1.82) is 0 Å². The zero-order valence-corrected chi connectivity index (χ0v) is 18.0. The van der Waals surface area contributed by atoms with E-state index < -0.39 is 0 Å². The molecule has 0 aliphatic rings. The Bertz CT molecular complexity index is 1250. The van der Waals surface area contributed by atoms with Gasteiger partial charge >= 0.3 is 0 Å². The molecule has 0 aliphatic carbocycles. The Hall–Kier alpha value is -2.92. The summed E-state index contributed by atoms with van der Waals surface area (Å²) >= 11 is 1.50. The van der Waals surface area contributed by atoms with Gasteiger partial charge in [0.05, 0.1) is 16.6 Å². The number of thioether (sulfide) groups is 1. The van der Waals surface area contributed by atoms with Crippen LogP contribution in [0.3, 0.4) is 0 Å². The van der Waals surface area contributed by atoms with Gasteiger partial charge in [0.2, 0.25) is 0 Å². The molecule has 0 amide bonds. The summed E-state index contributed by atoms with van der Waals surface area (Å²) in [7, 11) is 0. The zero-order chi connectivity index (χ0) is 21.3. The Kier molecular flexibility index (Phi) is 5.73. The van der Waals surface area contributed by atoms with Gasteiger partial charge in [-0.05, 0) is 54.3 Å². The van der Waals surface area contributed by atoms with Crippen molar-refractivity contribution in [3.8, 4) is 5.69 Å². The number of rotatable bonds is 5. The number of hydrogen-bond acceptors (Lipinski definition) is 3. The molecule has 3 nitrogen and oxygen atoms in total. The van der Waals surface area contributed by atoms with Crippen molar-refractivity contribution in [3.05, 3.63) is 100 Å². The third-order valence-corrected chi connectivity index (χ3v) is 6.28. The van der Waals surface area contributed by atoms with E-state index in [1.807, 2.05) is 49.4 Å². The van der Waals surface area contributed by atoms with Gasteiger partial charge in [0.1, 0.15) is 5.82 Å². The van der Waals surface area contributed by atoms with Crippen LogP contribution < -0.4 is 5.56 Å². The number of fused-ring (bicyclic) bond motifs is 1. The predicted octanol–water partition coefficient (Wildman–Crippen LogP) is 6.50. The molecule has 0 aliphatic heterocycles. The van der Waals surface area contributed by atoms with Crippen LogP contribution in [0.15, 0.2) is 82.7 Å². The number of para-hydroxylation sites is 2. The Balaban J connectivity index is 1.91. The lowest BCUT2D eigenvalue weighted by Gasteiger charge is -2.20. The van der Waals surface area contributed by atoms with Gasteiger partial charge in [0.15, 0.2) is 5.16 Å². The van der Waals surface area contributed by atoms with E-state index in [1.54, 1.807) is 16.7 Å². The standard InChI is InChI=1S/C25H23FN2OS/c1-16(2)20-8-5-7-11-23(20)28-24(29)21-9-4-6-10-22(21)27-25(28)30-17(3)18-12-14-19(26)15-13-18/h4-17H,1-3H3/t17-/m1/s1. The van der Waals surface area contributed by atoms with Gasteiger partial charge in [-0.25, -0.2) is 9.37 Å². The molecule has 152 valence electrons. The summed E-state index contributed by atoms with van der Waals surface area (Å²) in [5.41, 5.74) is 3.52. The largest absolute Gasteiger partial charge is 0.268 e. The van der Waals surface area contributed by atoms with Gasteiger partial charge < -0.3 is 0 Å². The lowest BCUT2D eigenvalue weighted by Crippen LogP contribution is -2.23. The monoisotopic (exact) mass is 418 g/mol. The molecule has 0 fully saturated rings. The highest BCUT2D eigenvalue weighted by atomic mass is 32.2. The molecule has 5 heteroatoms. The molecule has 3 aromatic carbocycles. The summed E-state index contributed by atoms with van der Waals surface area (Å²) in [6.45, 7) is 6.27. The highest BCUT2D eigenvalue weighted by Gasteiger charge is 2.19. The summed E-state index contributed by atoms with van der Waals surface area (Å²) in [5.74, 6) is -0.00510. The maximum Gasteiger partial charge on any atom is 0.266 e. The number of halogens is 1. The van der Waals surface area contributed by atoms with Crippen molar-refractivity contribution in [2.75, 3.05) is 0 Å². The Morgan fingerprint density at radius 3 is 2.30 bits per heavy atom. The normalized spacial score (nSPS) is 12.4. The van der Waals surface area contributed by atoms with E-state index in [-0.39, 0.29) is 22.5 Å². The van der Waals surface area contributed by atoms with E-state index in [4.69, 9.17) is 4.98 Å². The molecule has 4 aromatic rings. The number of nitrogens with zero attached hydrogens (tertiary/aromatic N) is 2. The van der Waals surface area contributed by atoms with Crippen LogP contribution >= 0.6 is 11.8 Å². The molecule has 1 aromatic heterocycles. The van der Waals surface area contributed by atoms with Gasteiger partial charge in [-0.2, -0.15) is 0 Å². The van der Waals surface area contributed by atoms with E-state index in [1.165, 1.54) is 23.9 Å². The first-order chi connectivity index (χ1) is 14.5. The molecule has 0 saturated carbocycles. The lowest BCUT2D eigenvalue weighted by atomic mass is 10.0. The molecule has 0 N–H and O–H groups in total. The van der Waals surface area contributed by atoms with E-state index in [9.17, 15) is 9.18 Å². The van der Waals surface area contributed by atoms with Crippen LogP contribution in [-0.2, 0) is 0 Å². The molecule has 0 radical (unpaired) electrons. The van der Waals surface area contributed by atoms with E-state index in [0.29, 0.717) is 16.1 Å². The SMILES string of the molecule is CC(C)c1ccccc1-n1c(S[C@H](C)c2ccc(F)cc2)nc2ccccc2c1=O. The summed E-state index contributed by atoms with van der Waals surface area (Å²) < 4.78 is 15.1. The quantitative estimate of drug-likeness (QED) is 0.274. The fourth-order valence-electron chi connectivity index (χ4n) is 3.54. The summed E-state index contributed by atoms with van der Waals surface area (Å²) in [4.78, 5) is 18.4. The minimum absolute atomic E-state index is 0.00359. The predicted molar refractivity (Wildman–Crippen MR) is 122 cm³/mol. The molecule has 0 saturated heterocycles. The third kappa shape index (κ3) is 3.90. The van der Waals surface area contributed by atoms with Crippen molar-refractivity contribution >= 4 is 22.7 Å². The summed E-state index contributed by atoms with van der Waals surface area (Å²) in [5, 5.41) is 1.22. The van der Waals surface area contributed by atoms with Crippen molar-refractivity contribution in [2.45, 2.75) is 37.1 Å². The fraction of sp³-hybridized carbons (Fsp3) is 0.200. The second kappa shape index (κ2) is 8.44. The Morgan fingerprint density at radius 1 is 0.900 bits per heavy atom. The Morgan fingerprint density at radius 2 is 1.57 bits per heavy atom. The van der Waals surface area contributed by atoms with Crippen LogP contribution in [0.2, 0.25) is 0 Å². The maximum absolute atomic E-state index is 13.5. The van der Waals surface area contributed by atoms with Crippen molar-refractivity contribution < 1.29 is 4.39 Å². The zero-order valence-electron chi connectivity index (χ0n) is 17.2. The molecule has 1 atom stereocenters. The van der Waals surface area contributed by atoms with Crippen molar-refractivity contribution in [2.24, 2.45) is 0 Å². The molecule has 1 heterocycles. The minimum Gasteiger partial charge on any atom is -0.268 e. The number of benzene rings is 3. The van der Waals surface area contributed by atoms with E-state index >= 15 is 0 Å². The average Bonchev–Trinajstić information content (AvgIpc) is 2.74. The first kappa shape index (κ1) is 20.4. The molecule has 0 bridgehead atoms. The molecular formula is C25H23FN2OS. The topological polar surface area (TPSA) is 34.9 Å². The third-order valence-electron chi connectivity index (χ3n) is 5.17. The second-order valence-corrected chi connectivity index (χ2v) is 8.89. The minimum atomic E-state index is -0.262. The van der Waals surface area contributed by atoms with Gasteiger partial charge in [-0.15, -0.1) is 0 Å². The van der Waals surface area contributed by atoms with Gasteiger partial charge in [0.25, 0.3) is 5.56 Å². The molecule has 30 heavy (non-hydrogen) atoms. The lowest BCUT2D eigenvalue weighted by molar-refractivity contribution is 0.627. The van der Waals surface area contributed by atoms with Crippen LogP contribution in [0.25, 0.3) is 16.6 Å². The molecular weight excluding hydrogens is 395 g/mol. The van der Waals surface area contributed by atoms with Gasteiger partial charge in [-0.1, -0.05) is 68.1 Å². The molecule has 0 spiro atoms. The Labute approximate surface area is 179 Å². The molecule has 4 rings (SSSR count). The van der Waals surface area contributed by atoms with Gasteiger partial charge in [0, 0.05) is 5.25 Å². The summed E-state index contributed by atoms with van der Waals surface area (Å²) in [6.07, 6.45) is 0.